The lowest BCUT2D eigenvalue weighted by Gasteiger charge is -2.37. The zero-order valence-electron chi connectivity index (χ0n) is 22.4. The predicted molar refractivity (Wildman–Crippen MR) is 162 cm³/mol. The van der Waals surface area contributed by atoms with Crippen LogP contribution in [0.15, 0.2) is 164 Å². The van der Waals surface area contributed by atoms with Gasteiger partial charge in [-0.15, -0.1) is 0 Å². The minimum Gasteiger partial charge on any atom is -0.416 e. The monoisotopic (exact) mass is 556 g/mol. The summed E-state index contributed by atoms with van der Waals surface area (Å²) in [5.41, 5.74) is 3.09. The van der Waals surface area contributed by atoms with Gasteiger partial charge in [-0.3, -0.25) is 0 Å². The van der Waals surface area contributed by atoms with Crippen molar-refractivity contribution in [3.63, 3.8) is 0 Å². The fraction of sp³-hybridized carbons (Fsp3) is 0.0571. The molecule has 0 saturated heterocycles. The van der Waals surface area contributed by atoms with Gasteiger partial charge in [-0.05, 0) is 41.0 Å². The van der Waals surface area contributed by atoms with Crippen molar-refractivity contribution in [2.75, 3.05) is 0 Å². The van der Waals surface area contributed by atoms with Crippen LogP contribution in [0.3, 0.4) is 0 Å². The van der Waals surface area contributed by atoms with E-state index in [2.05, 4.69) is 41.0 Å². The Hall–Kier alpha value is -4.86. The second-order valence-electron chi connectivity index (χ2n) is 9.66. The van der Waals surface area contributed by atoms with Gasteiger partial charge in [-0.2, -0.15) is 0 Å². The van der Waals surface area contributed by atoms with Crippen LogP contribution in [0.1, 0.15) is 22.4 Å². The molecule has 41 heavy (non-hydrogen) atoms. The van der Waals surface area contributed by atoms with Crippen molar-refractivity contribution in [1.82, 2.24) is 9.55 Å². The standard InChI is InChI=1S/C35H29N2O3P/c38-41(39-33-22-12-4-13-23-33,40-34-24-14-5-15-25-34)27-32-26-37(28-36-32)35(29-16-6-1-7-17-29,30-18-8-2-9-19-30)31-20-10-3-11-21-31/h1-26,28H,27H2. The van der Waals surface area contributed by atoms with Crippen molar-refractivity contribution >= 4 is 7.60 Å². The van der Waals surface area contributed by atoms with Crippen LogP contribution in [0.25, 0.3) is 0 Å². The Morgan fingerprint density at radius 2 is 0.927 bits per heavy atom. The zero-order chi connectivity index (χ0) is 28.0. The lowest BCUT2D eigenvalue weighted by atomic mass is 9.77. The first kappa shape index (κ1) is 26.4. The van der Waals surface area contributed by atoms with Gasteiger partial charge < -0.3 is 13.6 Å². The summed E-state index contributed by atoms with van der Waals surface area (Å²) >= 11 is 0. The SMILES string of the molecule is O=P(Cc1cn(C(c2ccccc2)(c2ccccc2)c2ccccc2)cn1)(Oc1ccccc1)Oc1ccccc1. The van der Waals surface area contributed by atoms with E-state index in [0.717, 1.165) is 16.7 Å². The molecule has 0 spiro atoms. The fourth-order valence-corrected chi connectivity index (χ4v) is 6.79. The maximum Gasteiger partial charge on any atom is 0.436 e. The molecular formula is C35H29N2O3P. The molecule has 0 aliphatic heterocycles. The van der Waals surface area contributed by atoms with Crippen molar-refractivity contribution in [3.8, 4) is 11.5 Å². The molecule has 0 aliphatic rings. The second-order valence-corrected chi connectivity index (χ2v) is 11.6. The summed E-state index contributed by atoms with van der Waals surface area (Å²) in [5.74, 6) is 0.941. The van der Waals surface area contributed by atoms with Gasteiger partial charge in [0.1, 0.15) is 23.2 Å². The van der Waals surface area contributed by atoms with E-state index in [1.165, 1.54) is 0 Å². The van der Waals surface area contributed by atoms with E-state index in [-0.39, 0.29) is 6.16 Å². The maximum atomic E-state index is 14.3. The molecule has 0 unspecified atom stereocenters. The first-order valence-corrected chi connectivity index (χ1v) is 15.2. The van der Waals surface area contributed by atoms with E-state index >= 15 is 0 Å². The summed E-state index contributed by atoms with van der Waals surface area (Å²) in [5, 5.41) is 0. The van der Waals surface area contributed by atoms with E-state index in [4.69, 9.17) is 14.0 Å². The lowest BCUT2D eigenvalue weighted by Crippen LogP contribution is -2.36. The van der Waals surface area contributed by atoms with Crippen LogP contribution < -0.4 is 9.05 Å². The molecule has 0 N–H and O–H groups in total. The van der Waals surface area contributed by atoms with E-state index < -0.39 is 13.1 Å². The first-order chi connectivity index (χ1) is 20.2. The summed E-state index contributed by atoms with van der Waals surface area (Å²) in [6.07, 6.45) is 3.73. The quantitative estimate of drug-likeness (QED) is 0.125. The number of benzene rings is 5. The molecule has 6 rings (SSSR count). The minimum absolute atomic E-state index is 0.0156. The Morgan fingerprint density at radius 1 is 0.561 bits per heavy atom. The summed E-state index contributed by atoms with van der Waals surface area (Å²) in [4.78, 5) is 4.76. The second kappa shape index (κ2) is 11.7. The van der Waals surface area contributed by atoms with Crippen LogP contribution in [-0.2, 0) is 16.3 Å². The van der Waals surface area contributed by atoms with Gasteiger partial charge in [0, 0.05) is 6.20 Å². The van der Waals surface area contributed by atoms with E-state index in [9.17, 15) is 4.57 Å². The number of imidazole rings is 1. The van der Waals surface area contributed by atoms with Gasteiger partial charge in [0.2, 0.25) is 0 Å². The van der Waals surface area contributed by atoms with Crippen molar-refractivity contribution in [1.29, 1.82) is 0 Å². The molecule has 0 radical (unpaired) electrons. The number of rotatable bonds is 10. The van der Waals surface area contributed by atoms with Crippen LogP contribution in [0.2, 0.25) is 0 Å². The smallest absolute Gasteiger partial charge is 0.416 e. The molecule has 6 aromatic rings. The van der Waals surface area contributed by atoms with Crippen molar-refractivity contribution < 1.29 is 13.6 Å². The molecule has 0 saturated carbocycles. The Morgan fingerprint density at radius 3 is 1.32 bits per heavy atom. The topological polar surface area (TPSA) is 53.4 Å². The highest BCUT2D eigenvalue weighted by molar-refractivity contribution is 7.53. The molecule has 0 atom stereocenters. The normalized spacial score (nSPS) is 11.6. The molecule has 6 heteroatoms. The summed E-state index contributed by atoms with van der Waals surface area (Å²) in [6, 6.07) is 49.3. The molecule has 0 aliphatic carbocycles. The van der Waals surface area contributed by atoms with Crippen LogP contribution in [0.5, 0.6) is 11.5 Å². The van der Waals surface area contributed by atoms with Crippen LogP contribution in [0.4, 0.5) is 0 Å². The number of hydrogen-bond donors (Lipinski definition) is 0. The Balaban J connectivity index is 1.46. The molecule has 1 heterocycles. The maximum absolute atomic E-state index is 14.3. The Labute approximate surface area is 240 Å². The van der Waals surface area contributed by atoms with E-state index in [0.29, 0.717) is 17.2 Å². The highest BCUT2D eigenvalue weighted by Crippen LogP contribution is 2.51. The van der Waals surface area contributed by atoms with E-state index in [1.807, 2.05) is 97.2 Å². The highest BCUT2D eigenvalue weighted by Gasteiger charge is 2.39. The van der Waals surface area contributed by atoms with Crippen LogP contribution in [0, 0.1) is 0 Å². The largest absolute Gasteiger partial charge is 0.436 e. The molecule has 0 bridgehead atoms. The lowest BCUT2D eigenvalue weighted by molar-refractivity contribution is 0.384. The highest BCUT2D eigenvalue weighted by atomic mass is 31.2. The van der Waals surface area contributed by atoms with Crippen LogP contribution >= 0.6 is 7.60 Å². The van der Waals surface area contributed by atoms with Crippen LogP contribution in [-0.4, -0.2) is 9.55 Å². The predicted octanol–water partition coefficient (Wildman–Crippen LogP) is 8.57. The van der Waals surface area contributed by atoms with Crippen molar-refractivity contribution in [3.05, 3.63) is 187 Å². The zero-order valence-corrected chi connectivity index (χ0v) is 23.3. The minimum atomic E-state index is -3.72. The van der Waals surface area contributed by atoms with Gasteiger partial charge >= 0.3 is 7.60 Å². The molecule has 0 amide bonds. The average Bonchev–Trinajstić information content (AvgIpc) is 3.48. The molecular weight excluding hydrogens is 527 g/mol. The van der Waals surface area contributed by atoms with Gasteiger partial charge in [0.05, 0.1) is 12.0 Å². The summed E-state index contributed by atoms with van der Waals surface area (Å²) < 4.78 is 28.5. The molecule has 1 aromatic heterocycles. The summed E-state index contributed by atoms with van der Waals surface area (Å²) in [7, 11) is -3.72. The third-order valence-corrected chi connectivity index (χ3v) is 8.62. The third kappa shape index (κ3) is 5.58. The van der Waals surface area contributed by atoms with Gasteiger partial charge in [0.15, 0.2) is 0 Å². The average molecular weight is 557 g/mol. The fourth-order valence-electron chi connectivity index (χ4n) is 5.18. The number of aromatic nitrogens is 2. The van der Waals surface area contributed by atoms with Gasteiger partial charge in [-0.1, -0.05) is 127 Å². The van der Waals surface area contributed by atoms with Crippen molar-refractivity contribution in [2.45, 2.75) is 11.7 Å². The van der Waals surface area contributed by atoms with Gasteiger partial charge in [0.25, 0.3) is 0 Å². The number of nitrogens with zero attached hydrogens (tertiary/aromatic N) is 2. The number of hydrogen-bond acceptors (Lipinski definition) is 4. The third-order valence-electron chi connectivity index (χ3n) is 6.93. The summed E-state index contributed by atoms with van der Waals surface area (Å²) in [6.45, 7) is 0. The number of para-hydroxylation sites is 2. The molecule has 202 valence electrons. The molecule has 5 nitrogen and oxygen atoms in total. The first-order valence-electron chi connectivity index (χ1n) is 13.4. The van der Waals surface area contributed by atoms with Crippen molar-refractivity contribution in [2.24, 2.45) is 0 Å². The van der Waals surface area contributed by atoms with E-state index in [1.54, 1.807) is 30.6 Å². The Kier molecular flexibility index (Phi) is 7.53. The molecule has 5 aromatic carbocycles. The Bertz CT molecular complexity index is 1580. The van der Waals surface area contributed by atoms with Gasteiger partial charge in [-0.25, -0.2) is 9.55 Å². The molecule has 0 fully saturated rings.